The van der Waals surface area contributed by atoms with Crippen LogP contribution in [0.4, 0.5) is 4.79 Å². The third kappa shape index (κ3) is 4.70. The SMILES string of the molecule is Cn1nncc1CNC1CCN(C(=O)OC(C)(C)C)CC1. The zero-order valence-electron chi connectivity index (χ0n) is 13.3. The van der Waals surface area contributed by atoms with Crippen molar-refractivity contribution >= 4 is 6.09 Å². The Morgan fingerprint density at radius 2 is 2.10 bits per heavy atom. The van der Waals surface area contributed by atoms with Crippen LogP contribution < -0.4 is 5.32 Å². The summed E-state index contributed by atoms with van der Waals surface area (Å²) in [4.78, 5) is 13.8. The minimum absolute atomic E-state index is 0.211. The maximum absolute atomic E-state index is 12.0. The molecule has 1 saturated heterocycles. The first kappa shape index (κ1) is 15.8. The summed E-state index contributed by atoms with van der Waals surface area (Å²) in [6.07, 6.45) is 3.43. The number of nitrogens with one attached hydrogen (secondary N) is 1. The second kappa shape index (κ2) is 6.43. The molecule has 0 saturated carbocycles. The van der Waals surface area contributed by atoms with Crippen molar-refractivity contribution in [2.45, 2.75) is 51.8 Å². The molecule has 1 fully saturated rings. The van der Waals surface area contributed by atoms with Crippen molar-refractivity contribution in [3.63, 3.8) is 0 Å². The van der Waals surface area contributed by atoms with Crippen LogP contribution in [-0.4, -0.2) is 50.7 Å². The van der Waals surface area contributed by atoms with Gasteiger partial charge in [0.25, 0.3) is 0 Å². The van der Waals surface area contributed by atoms with Crippen molar-refractivity contribution in [1.29, 1.82) is 0 Å². The minimum atomic E-state index is -0.432. The van der Waals surface area contributed by atoms with Gasteiger partial charge in [-0.2, -0.15) is 0 Å². The summed E-state index contributed by atoms with van der Waals surface area (Å²) in [6, 6.07) is 0.415. The minimum Gasteiger partial charge on any atom is -0.444 e. The van der Waals surface area contributed by atoms with Gasteiger partial charge in [0.05, 0.1) is 11.9 Å². The second-order valence-corrected chi connectivity index (χ2v) is 6.47. The second-order valence-electron chi connectivity index (χ2n) is 6.47. The van der Waals surface area contributed by atoms with Gasteiger partial charge in [0.2, 0.25) is 0 Å². The molecule has 1 aromatic heterocycles. The van der Waals surface area contributed by atoms with Crippen LogP contribution in [0.1, 0.15) is 39.3 Å². The van der Waals surface area contributed by atoms with E-state index in [1.54, 1.807) is 15.8 Å². The van der Waals surface area contributed by atoms with Crippen molar-refractivity contribution in [3.8, 4) is 0 Å². The number of hydrogen-bond donors (Lipinski definition) is 1. The van der Waals surface area contributed by atoms with Gasteiger partial charge in [-0.25, -0.2) is 4.79 Å². The number of aryl methyl sites for hydroxylation is 1. The van der Waals surface area contributed by atoms with Crippen molar-refractivity contribution in [2.75, 3.05) is 13.1 Å². The molecule has 1 amide bonds. The lowest BCUT2D eigenvalue weighted by Gasteiger charge is -2.33. The number of hydrogen-bond acceptors (Lipinski definition) is 5. The topological polar surface area (TPSA) is 72.3 Å². The molecule has 1 N–H and O–H groups in total. The molecule has 21 heavy (non-hydrogen) atoms. The largest absolute Gasteiger partial charge is 0.444 e. The lowest BCUT2D eigenvalue weighted by atomic mass is 10.1. The summed E-state index contributed by atoms with van der Waals surface area (Å²) in [5.41, 5.74) is 0.628. The molecule has 0 spiro atoms. The first-order valence-electron chi connectivity index (χ1n) is 7.40. The van der Waals surface area contributed by atoms with E-state index < -0.39 is 5.60 Å². The zero-order valence-corrected chi connectivity index (χ0v) is 13.3. The molecule has 0 aliphatic carbocycles. The molecule has 118 valence electrons. The van der Waals surface area contributed by atoms with Crippen LogP contribution in [0.3, 0.4) is 0 Å². The monoisotopic (exact) mass is 295 g/mol. The average molecular weight is 295 g/mol. The Kier molecular flexibility index (Phi) is 4.82. The third-order valence-corrected chi connectivity index (χ3v) is 3.53. The molecule has 7 heteroatoms. The molecule has 0 unspecified atom stereocenters. The molecule has 1 aliphatic heterocycles. The van der Waals surface area contributed by atoms with Gasteiger partial charge in [-0.15, -0.1) is 5.10 Å². The Balaban J connectivity index is 1.73. The van der Waals surface area contributed by atoms with E-state index in [4.69, 9.17) is 4.74 Å². The lowest BCUT2D eigenvalue weighted by molar-refractivity contribution is 0.0198. The molecule has 0 aromatic carbocycles. The number of amides is 1. The number of piperidine rings is 1. The van der Waals surface area contributed by atoms with Crippen LogP contribution >= 0.6 is 0 Å². The molecule has 0 radical (unpaired) electrons. The van der Waals surface area contributed by atoms with Crippen LogP contribution in [-0.2, 0) is 18.3 Å². The number of rotatable bonds is 3. The Bertz CT molecular complexity index is 472. The number of ether oxygens (including phenoxy) is 1. The summed E-state index contributed by atoms with van der Waals surface area (Å²) in [5.74, 6) is 0. The zero-order chi connectivity index (χ0) is 15.5. The van der Waals surface area contributed by atoms with E-state index in [1.807, 2.05) is 27.8 Å². The van der Waals surface area contributed by atoms with E-state index in [2.05, 4.69) is 15.6 Å². The molecule has 7 nitrogen and oxygen atoms in total. The van der Waals surface area contributed by atoms with Gasteiger partial charge in [-0.3, -0.25) is 4.68 Å². The summed E-state index contributed by atoms with van der Waals surface area (Å²) < 4.78 is 7.16. The van der Waals surface area contributed by atoms with Crippen molar-refractivity contribution in [1.82, 2.24) is 25.2 Å². The number of carbonyl (C=O) groups is 1. The van der Waals surface area contributed by atoms with Crippen LogP contribution in [0.5, 0.6) is 0 Å². The van der Waals surface area contributed by atoms with Crippen LogP contribution in [0.25, 0.3) is 0 Å². The predicted octanol–water partition coefficient (Wildman–Crippen LogP) is 1.30. The summed E-state index contributed by atoms with van der Waals surface area (Å²) in [6.45, 7) is 7.89. The Hall–Kier alpha value is -1.63. The van der Waals surface area contributed by atoms with Crippen molar-refractivity contribution in [3.05, 3.63) is 11.9 Å². The summed E-state index contributed by atoms with van der Waals surface area (Å²) in [5, 5.41) is 11.3. The van der Waals surface area contributed by atoms with E-state index >= 15 is 0 Å². The third-order valence-electron chi connectivity index (χ3n) is 3.53. The molecule has 0 atom stereocenters. The Morgan fingerprint density at radius 1 is 1.43 bits per heavy atom. The molecular weight excluding hydrogens is 270 g/mol. The molecular formula is C14H25N5O2. The van der Waals surface area contributed by atoms with Crippen LogP contribution in [0, 0.1) is 0 Å². The van der Waals surface area contributed by atoms with Gasteiger partial charge in [-0.05, 0) is 33.6 Å². The molecule has 2 heterocycles. The Labute approximate surface area is 125 Å². The van der Waals surface area contributed by atoms with E-state index in [0.717, 1.165) is 38.2 Å². The lowest BCUT2D eigenvalue weighted by Crippen LogP contribution is -2.46. The van der Waals surface area contributed by atoms with E-state index in [0.29, 0.717) is 6.04 Å². The van der Waals surface area contributed by atoms with Gasteiger partial charge in [-0.1, -0.05) is 5.21 Å². The van der Waals surface area contributed by atoms with Crippen LogP contribution in [0.2, 0.25) is 0 Å². The van der Waals surface area contributed by atoms with Crippen molar-refractivity contribution < 1.29 is 9.53 Å². The average Bonchev–Trinajstić information content (AvgIpc) is 2.80. The maximum atomic E-state index is 12.0. The first-order valence-corrected chi connectivity index (χ1v) is 7.40. The fourth-order valence-electron chi connectivity index (χ4n) is 2.31. The number of likely N-dealkylation sites (tertiary alicyclic amines) is 1. The van der Waals surface area contributed by atoms with Gasteiger partial charge in [0.15, 0.2) is 0 Å². The fourth-order valence-corrected chi connectivity index (χ4v) is 2.31. The molecule has 2 rings (SSSR count). The van der Waals surface area contributed by atoms with Gasteiger partial charge in [0.1, 0.15) is 5.60 Å². The molecule has 1 aromatic rings. The summed E-state index contributed by atoms with van der Waals surface area (Å²) >= 11 is 0. The predicted molar refractivity (Wildman–Crippen MR) is 78.7 cm³/mol. The Morgan fingerprint density at radius 3 is 2.62 bits per heavy atom. The smallest absolute Gasteiger partial charge is 0.410 e. The van der Waals surface area contributed by atoms with Gasteiger partial charge in [0, 0.05) is 32.7 Å². The van der Waals surface area contributed by atoms with E-state index in [9.17, 15) is 4.79 Å². The number of nitrogens with zero attached hydrogens (tertiary/aromatic N) is 4. The van der Waals surface area contributed by atoms with Crippen LogP contribution in [0.15, 0.2) is 6.20 Å². The standard InChI is InChI=1S/C14H25N5O2/c1-14(2,3)21-13(20)19-7-5-11(6-8-19)15-9-12-10-16-17-18(12)4/h10-11,15H,5-9H2,1-4H3. The quantitative estimate of drug-likeness (QED) is 0.910. The van der Waals surface area contributed by atoms with E-state index in [1.165, 1.54) is 0 Å². The summed E-state index contributed by atoms with van der Waals surface area (Å²) in [7, 11) is 1.88. The van der Waals surface area contributed by atoms with Crippen molar-refractivity contribution in [2.24, 2.45) is 7.05 Å². The van der Waals surface area contributed by atoms with E-state index in [-0.39, 0.29) is 6.09 Å². The van der Waals surface area contributed by atoms with Gasteiger partial charge < -0.3 is 15.0 Å². The highest BCUT2D eigenvalue weighted by atomic mass is 16.6. The number of carbonyl (C=O) groups excluding carboxylic acids is 1. The molecule has 0 bridgehead atoms. The highest BCUT2D eigenvalue weighted by Gasteiger charge is 2.26. The number of aromatic nitrogens is 3. The first-order chi connectivity index (χ1) is 9.85. The maximum Gasteiger partial charge on any atom is 0.410 e. The van der Waals surface area contributed by atoms with Gasteiger partial charge >= 0.3 is 6.09 Å². The normalized spacial score (nSPS) is 17.0. The fraction of sp³-hybridized carbons (Fsp3) is 0.786. The highest BCUT2D eigenvalue weighted by molar-refractivity contribution is 5.68. The molecule has 1 aliphatic rings. The highest BCUT2D eigenvalue weighted by Crippen LogP contribution is 2.15.